The molecule has 0 aliphatic rings. The molecule has 0 bridgehead atoms. The van der Waals surface area contributed by atoms with E-state index in [4.69, 9.17) is 5.73 Å². The number of aromatic nitrogens is 1. The van der Waals surface area contributed by atoms with Crippen molar-refractivity contribution in [3.05, 3.63) is 30.1 Å². The number of carbonyl (C=O) groups is 1. The van der Waals surface area contributed by atoms with E-state index in [9.17, 15) is 4.79 Å². The molecule has 0 saturated carbocycles. The van der Waals surface area contributed by atoms with Crippen molar-refractivity contribution in [2.75, 3.05) is 6.54 Å². The Kier molecular flexibility index (Phi) is 4.43. The van der Waals surface area contributed by atoms with E-state index in [0.29, 0.717) is 13.0 Å². The Morgan fingerprint density at radius 3 is 2.62 bits per heavy atom. The predicted octanol–water partition coefficient (Wildman–Crippen LogP) is 0.868. The van der Waals surface area contributed by atoms with Crippen LogP contribution in [-0.4, -0.2) is 23.0 Å². The van der Waals surface area contributed by atoms with Crippen molar-refractivity contribution in [3.8, 4) is 0 Å². The molecule has 0 aliphatic heterocycles. The lowest BCUT2D eigenvalue weighted by atomic mass is 10.1. The highest BCUT2D eigenvalue weighted by molar-refractivity contribution is 5.77. The minimum absolute atomic E-state index is 0.0345. The number of nitrogens with two attached hydrogens (primary N) is 1. The van der Waals surface area contributed by atoms with Crippen molar-refractivity contribution in [1.29, 1.82) is 0 Å². The van der Waals surface area contributed by atoms with Gasteiger partial charge < -0.3 is 11.1 Å². The Labute approximate surface area is 96.3 Å². The van der Waals surface area contributed by atoms with Crippen LogP contribution in [-0.2, 0) is 11.2 Å². The average molecular weight is 221 g/mol. The van der Waals surface area contributed by atoms with E-state index in [-0.39, 0.29) is 11.4 Å². The smallest absolute Gasteiger partial charge is 0.220 e. The summed E-state index contributed by atoms with van der Waals surface area (Å²) < 4.78 is 0. The van der Waals surface area contributed by atoms with Crippen LogP contribution >= 0.6 is 0 Å². The lowest BCUT2D eigenvalue weighted by molar-refractivity contribution is -0.122. The summed E-state index contributed by atoms with van der Waals surface area (Å²) in [6, 6.07) is 3.84. The Morgan fingerprint density at radius 1 is 1.44 bits per heavy atom. The molecule has 4 heteroatoms. The Morgan fingerprint density at radius 2 is 2.06 bits per heavy atom. The number of aryl methyl sites for hydroxylation is 1. The van der Waals surface area contributed by atoms with Gasteiger partial charge in [-0.1, -0.05) is 0 Å². The summed E-state index contributed by atoms with van der Waals surface area (Å²) in [5.74, 6) is 0.0345. The number of pyridine rings is 1. The molecule has 0 atom stereocenters. The Hall–Kier alpha value is -1.42. The van der Waals surface area contributed by atoms with Crippen LogP contribution in [0.4, 0.5) is 0 Å². The van der Waals surface area contributed by atoms with Crippen LogP contribution in [0.5, 0.6) is 0 Å². The number of nitrogens with one attached hydrogen (secondary N) is 1. The molecule has 0 unspecified atom stereocenters. The normalized spacial score (nSPS) is 11.2. The molecule has 16 heavy (non-hydrogen) atoms. The van der Waals surface area contributed by atoms with Crippen molar-refractivity contribution < 1.29 is 4.79 Å². The van der Waals surface area contributed by atoms with E-state index >= 15 is 0 Å². The lowest BCUT2D eigenvalue weighted by Gasteiger charge is -2.24. The van der Waals surface area contributed by atoms with Gasteiger partial charge in [-0.2, -0.15) is 0 Å². The molecule has 0 spiro atoms. The van der Waals surface area contributed by atoms with Gasteiger partial charge in [-0.15, -0.1) is 0 Å². The van der Waals surface area contributed by atoms with Gasteiger partial charge >= 0.3 is 0 Å². The molecule has 0 fully saturated rings. The lowest BCUT2D eigenvalue weighted by Crippen LogP contribution is -2.48. The fourth-order valence-electron chi connectivity index (χ4n) is 1.30. The number of rotatable bonds is 5. The first kappa shape index (κ1) is 12.6. The molecule has 0 radical (unpaired) electrons. The first-order valence-corrected chi connectivity index (χ1v) is 5.43. The van der Waals surface area contributed by atoms with Gasteiger partial charge in [0, 0.05) is 30.9 Å². The quantitative estimate of drug-likeness (QED) is 0.775. The third-order valence-electron chi connectivity index (χ3n) is 2.38. The highest BCUT2D eigenvalue weighted by Gasteiger charge is 2.17. The average Bonchev–Trinajstić information content (AvgIpc) is 2.27. The second kappa shape index (κ2) is 5.61. The molecule has 1 rings (SSSR count). The molecule has 0 aliphatic carbocycles. The van der Waals surface area contributed by atoms with E-state index in [1.807, 2.05) is 26.0 Å². The fraction of sp³-hybridized carbons (Fsp3) is 0.500. The van der Waals surface area contributed by atoms with Crippen LogP contribution in [0.1, 0.15) is 25.8 Å². The molecule has 0 aromatic carbocycles. The molecule has 4 nitrogen and oxygen atoms in total. The molecule has 0 saturated heterocycles. The van der Waals surface area contributed by atoms with Crippen molar-refractivity contribution in [2.24, 2.45) is 5.73 Å². The molecule has 1 aromatic heterocycles. The molecule has 3 N–H and O–H groups in total. The van der Waals surface area contributed by atoms with Crippen molar-refractivity contribution in [3.63, 3.8) is 0 Å². The van der Waals surface area contributed by atoms with Gasteiger partial charge in [0.2, 0.25) is 5.91 Å². The molecule has 88 valence electrons. The second-order valence-corrected chi connectivity index (χ2v) is 4.49. The maximum Gasteiger partial charge on any atom is 0.220 e. The minimum Gasteiger partial charge on any atom is -0.350 e. The summed E-state index contributed by atoms with van der Waals surface area (Å²) >= 11 is 0. The number of hydrogen-bond donors (Lipinski definition) is 2. The van der Waals surface area contributed by atoms with Crippen molar-refractivity contribution in [1.82, 2.24) is 10.3 Å². The third-order valence-corrected chi connectivity index (χ3v) is 2.38. The zero-order chi connectivity index (χ0) is 12.0. The maximum atomic E-state index is 11.6. The van der Waals surface area contributed by atoms with Crippen LogP contribution in [0.15, 0.2) is 24.5 Å². The minimum atomic E-state index is -0.324. The van der Waals surface area contributed by atoms with Crippen LogP contribution in [0.3, 0.4) is 0 Å². The van der Waals surface area contributed by atoms with Gasteiger partial charge in [0.05, 0.1) is 0 Å². The number of nitrogens with zero attached hydrogens (tertiary/aromatic N) is 1. The highest BCUT2D eigenvalue weighted by atomic mass is 16.1. The fourth-order valence-corrected chi connectivity index (χ4v) is 1.30. The second-order valence-electron chi connectivity index (χ2n) is 4.49. The van der Waals surface area contributed by atoms with Gasteiger partial charge in [-0.3, -0.25) is 9.78 Å². The van der Waals surface area contributed by atoms with E-state index in [1.165, 1.54) is 0 Å². The molecule has 1 heterocycles. The van der Waals surface area contributed by atoms with Crippen LogP contribution in [0.2, 0.25) is 0 Å². The number of carbonyl (C=O) groups excluding carboxylic acids is 1. The molecule has 1 aromatic rings. The van der Waals surface area contributed by atoms with Crippen molar-refractivity contribution >= 4 is 5.91 Å². The van der Waals surface area contributed by atoms with Gasteiger partial charge in [0.1, 0.15) is 0 Å². The van der Waals surface area contributed by atoms with Crippen LogP contribution < -0.4 is 11.1 Å². The van der Waals surface area contributed by atoms with Gasteiger partial charge in [0.15, 0.2) is 0 Å². The summed E-state index contributed by atoms with van der Waals surface area (Å²) in [5.41, 5.74) is 6.34. The monoisotopic (exact) mass is 221 g/mol. The predicted molar refractivity (Wildman–Crippen MR) is 63.8 cm³/mol. The zero-order valence-electron chi connectivity index (χ0n) is 9.86. The van der Waals surface area contributed by atoms with Crippen LogP contribution in [0, 0.1) is 0 Å². The number of hydrogen-bond acceptors (Lipinski definition) is 3. The first-order valence-electron chi connectivity index (χ1n) is 5.43. The first-order chi connectivity index (χ1) is 7.53. The van der Waals surface area contributed by atoms with Gasteiger partial charge in [0.25, 0.3) is 0 Å². The molecule has 1 amide bonds. The van der Waals surface area contributed by atoms with Crippen molar-refractivity contribution in [2.45, 2.75) is 32.2 Å². The third kappa shape index (κ3) is 4.40. The summed E-state index contributed by atoms with van der Waals surface area (Å²) in [6.45, 7) is 4.27. The zero-order valence-corrected chi connectivity index (χ0v) is 9.86. The van der Waals surface area contributed by atoms with E-state index in [0.717, 1.165) is 12.0 Å². The van der Waals surface area contributed by atoms with Gasteiger partial charge in [-0.25, -0.2) is 0 Å². The number of amides is 1. The van der Waals surface area contributed by atoms with Crippen LogP contribution in [0.25, 0.3) is 0 Å². The van der Waals surface area contributed by atoms with E-state index in [2.05, 4.69) is 10.3 Å². The summed E-state index contributed by atoms with van der Waals surface area (Å²) in [5, 5.41) is 2.90. The van der Waals surface area contributed by atoms with Gasteiger partial charge in [-0.05, 0) is 38.0 Å². The largest absolute Gasteiger partial charge is 0.350 e. The Balaban J connectivity index is 2.36. The molecular weight excluding hydrogens is 202 g/mol. The summed E-state index contributed by atoms with van der Waals surface area (Å²) in [7, 11) is 0. The molecular formula is C12H19N3O. The topological polar surface area (TPSA) is 68.0 Å². The summed E-state index contributed by atoms with van der Waals surface area (Å²) in [6.07, 6.45) is 4.68. The maximum absolute atomic E-state index is 11.6. The SMILES string of the molecule is CC(C)(CN)NC(=O)CCc1ccncc1. The Bertz CT molecular complexity index is 335. The van der Waals surface area contributed by atoms with E-state index in [1.54, 1.807) is 12.4 Å². The standard InChI is InChI=1S/C12H19N3O/c1-12(2,9-13)15-11(16)4-3-10-5-7-14-8-6-10/h5-8H,3-4,9,13H2,1-2H3,(H,15,16). The highest BCUT2D eigenvalue weighted by Crippen LogP contribution is 2.03. The van der Waals surface area contributed by atoms with E-state index < -0.39 is 0 Å². The summed E-state index contributed by atoms with van der Waals surface area (Å²) in [4.78, 5) is 15.5.